The van der Waals surface area contributed by atoms with Crippen LogP contribution in [0, 0.1) is 5.82 Å². The van der Waals surface area contributed by atoms with Crippen molar-refractivity contribution >= 4 is 21.9 Å². The minimum absolute atomic E-state index is 0.00700. The lowest BCUT2D eigenvalue weighted by Gasteiger charge is -2.15. The molecule has 2 unspecified atom stereocenters. The molecule has 3 nitrogen and oxygen atoms in total. The molecule has 1 aromatic rings. The average Bonchev–Trinajstić information content (AvgIpc) is 2.30. The van der Waals surface area contributed by atoms with E-state index in [1.165, 1.54) is 19.1 Å². The molecule has 0 heterocycles. The summed E-state index contributed by atoms with van der Waals surface area (Å²) in [6.07, 6.45) is -4.19. The highest BCUT2D eigenvalue weighted by atomic mass is 79.9. The monoisotopic (exact) mass is 308 g/mol. The molecule has 0 saturated carbocycles. The summed E-state index contributed by atoms with van der Waals surface area (Å²) in [5.41, 5.74) is -0.292. The summed E-state index contributed by atoms with van der Waals surface area (Å²) >= 11 is 3.07. The SMILES string of the molecule is CCOC(=O)C(F)C(O)c1cc(Br)ccc1F. The van der Waals surface area contributed by atoms with Gasteiger partial charge in [-0.3, -0.25) is 0 Å². The van der Waals surface area contributed by atoms with E-state index in [0.29, 0.717) is 4.47 Å². The van der Waals surface area contributed by atoms with Gasteiger partial charge in [-0.2, -0.15) is 0 Å². The summed E-state index contributed by atoms with van der Waals surface area (Å²) in [4.78, 5) is 11.1. The van der Waals surface area contributed by atoms with E-state index >= 15 is 0 Å². The lowest BCUT2D eigenvalue weighted by atomic mass is 10.0. The second kappa shape index (κ2) is 6.07. The summed E-state index contributed by atoms with van der Waals surface area (Å²) in [5, 5.41) is 9.55. The van der Waals surface area contributed by atoms with Crippen molar-refractivity contribution in [3.63, 3.8) is 0 Å². The summed E-state index contributed by atoms with van der Waals surface area (Å²) in [6.45, 7) is 1.50. The molecule has 0 radical (unpaired) electrons. The summed E-state index contributed by atoms with van der Waals surface area (Å²) in [7, 11) is 0. The van der Waals surface area contributed by atoms with Crippen molar-refractivity contribution in [2.24, 2.45) is 0 Å². The van der Waals surface area contributed by atoms with Gasteiger partial charge in [0.15, 0.2) is 0 Å². The Kier molecular flexibility index (Phi) is 5.02. The van der Waals surface area contributed by atoms with E-state index < -0.39 is 24.1 Å². The van der Waals surface area contributed by atoms with Crippen LogP contribution in [0.2, 0.25) is 0 Å². The number of alkyl halides is 1. The van der Waals surface area contributed by atoms with Gasteiger partial charge in [0.2, 0.25) is 6.17 Å². The fourth-order valence-electron chi connectivity index (χ4n) is 1.25. The van der Waals surface area contributed by atoms with Crippen LogP contribution in [-0.4, -0.2) is 23.9 Å². The van der Waals surface area contributed by atoms with Crippen molar-refractivity contribution in [3.8, 4) is 0 Å². The van der Waals surface area contributed by atoms with Gasteiger partial charge in [-0.25, -0.2) is 13.6 Å². The van der Waals surface area contributed by atoms with E-state index in [2.05, 4.69) is 20.7 Å². The van der Waals surface area contributed by atoms with Gasteiger partial charge in [-0.1, -0.05) is 15.9 Å². The van der Waals surface area contributed by atoms with Crippen molar-refractivity contribution in [3.05, 3.63) is 34.1 Å². The van der Waals surface area contributed by atoms with Gasteiger partial charge in [-0.05, 0) is 25.1 Å². The molecule has 2 atom stereocenters. The molecular formula is C11H11BrF2O3. The Morgan fingerprint density at radius 2 is 2.24 bits per heavy atom. The molecule has 0 spiro atoms. The van der Waals surface area contributed by atoms with Crippen LogP contribution in [0.25, 0.3) is 0 Å². The quantitative estimate of drug-likeness (QED) is 0.869. The normalized spacial score (nSPS) is 14.2. The van der Waals surface area contributed by atoms with E-state index in [-0.39, 0.29) is 12.2 Å². The van der Waals surface area contributed by atoms with Crippen LogP contribution in [0.15, 0.2) is 22.7 Å². The van der Waals surface area contributed by atoms with E-state index in [0.717, 1.165) is 6.07 Å². The summed E-state index contributed by atoms with van der Waals surface area (Å²) < 4.78 is 31.7. The molecule has 1 aromatic carbocycles. The number of halogens is 3. The zero-order valence-electron chi connectivity index (χ0n) is 8.99. The largest absolute Gasteiger partial charge is 0.464 e. The number of aliphatic hydroxyl groups is 1. The van der Waals surface area contributed by atoms with Crippen LogP contribution in [0.3, 0.4) is 0 Å². The van der Waals surface area contributed by atoms with Crippen molar-refractivity contribution < 1.29 is 23.4 Å². The zero-order chi connectivity index (χ0) is 13.0. The predicted molar refractivity (Wildman–Crippen MR) is 60.6 cm³/mol. The highest BCUT2D eigenvalue weighted by Gasteiger charge is 2.31. The fourth-order valence-corrected chi connectivity index (χ4v) is 1.63. The van der Waals surface area contributed by atoms with Gasteiger partial charge in [0.25, 0.3) is 0 Å². The number of aliphatic hydroxyl groups excluding tert-OH is 1. The molecule has 0 aliphatic rings. The summed E-state index contributed by atoms with van der Waals surface area (Å²) in [6, 6.07) is 3.69. The Bertz CT molecular complexity index is 412. The topological polar surface area (TPSA) is 46.5 Å². The maximum atomic E-state index is 13.5. The highest BCUT2D eigenvalue weighted by Crippen LogP contribution is 2.26. The average molecular weight is 309 g/mol. The number of hydrogen-bond acceptors (Lipinski definition) is 3. The molecule has 1 rings (SSSR count). The Morgan fingerprint density at radius 1 is 1.59 bits per heavy atom. The number of ether oxygens (including phenoxy) is 1. The van der Waals surface area contributed by atoms with Crippen molar-refractivity contribution in [2.45, 2.75) is 19.2 Å². The Balaban J connectivity index is 2.91. The van der Waals surface area contributed by atoms with Gasteiger partial charge in [0.05, 0.1) is 6.61 Å². The van der Waals surface area contributed by atoms with Crippen molar-refractivity contribution in [1.29, 1.82) is 0 Å². The lowest BCUT2D eigenvalue weighted by Crippen LogP contribution is -2.26. The van der Waals surface area contributed by atoms with Gasteiger partial charge < -0.3 is 9.84 Å². The van der Waals surface area contributed by atoms with Crippen LogP contribution < -0.4 is 0 Å². The first kappa shape index (κ1) is 14.1. The minimum atomic E-state index is -2.31. The van der Waals surface area contributed by atoms with E-state index in [1.54, 1.807) is 0 Å². The third kappa shape index (κ3) is 3.47. The first-order chi connectivity index (χ1) is 7.97. The highest BCUT2D eigenvalue weighted by molar-refractivity contribution is 9.10. The number of rotatable bonds is 4. The molecular weight excluding hydrogens is 298 g/mol. The van der Waals surface area contributed by atoms with Crippen molar-refractivity contribution in [2.75, 3.05) is 6.61 Å². The van der Waals surface area contributed by atoms with Crippen molar-refractivity contribution in [1.82, 2.24) is 0 Å². The zero-order valence-corrected chi connectivity index (χ0v) is 10.6. The van der Waals surface area contributed by atoms with Gasteiger partial charge in [0, 0.05) is 10.0 Å². The third-order valence-corrected chi connectivity index (χ3v) is 2.56. The Hall–Kier alpha value is -1.01. The number of carbonyl (C=O) groups is 1. The first-order valence-electron chi connectivity index (χ1n) is 4.91. The molecule has 94 valence electrons. The van der Waals surface area contributed by atoms with E-state index in [4.69, 9.17) is 0 Å². The number of hydrogen-bond donors (Lipinski definition) is 1. The Morgan fingerprint density at radius 3 is 2.82 bits per heavy atom. The molecule has 0 aliphatic heterocycles. The second-order valence-corrected chi connectivity index (χ2v) is 4.18. The molecule has 1 N–H and O–H groups in total. The van der Waals surface area contributed by atoms with Crippen LogP contribution in [0.1, 0.15) is 18.6 Å². The number of benzene rings is 1. The van der Waals surface area contributed by atoms with Gasteiger partial charge >= 0.3 is 5.97 Å². The lowest BCUT2D eigenvalue weighted by molar-refractivity contribution is -0.153. The van der Waals surface area contributed by atoms with Crippen LogP contribution in [0.5, 0.6) is 0 Å². The van der Waals surface area contributed by atoms with Crippen LogP contribution >= 0.6 is 15.9 Å². The van der Waals surface area contributed by atoms with Gasteiger partial charge in [-0.15, -0.1) is 0 Å². The molecule has 0 amide bonds. The molecule has 6 heteroatoms. The van der Waals surface area contributed by atoms with E-state index in [1.807, 2.05) is 0 Å². The first-order valence-corrected chi connectivity index (χ1v) is 5.70. The smallest absolute Gasteiger partial charge is 0.343 e. The molecule has 0 aliphatic carbocycles. The third-order valence-electron chi connectivity index (χ3n) is 2.07. The molecule has 0 saturated heterocycles. The summed E-state index contributed by atoms with van der Waals surface area (Å²) in [5.74, 6) is -1.99. The Labute approximate surface area is 106 Å². The van der Waals surface area contributed by atoms with E-state index in [9.17, 15) is 18.7 Å². The maximum absolute atomic E-state index is 13.5. The predicted octanol–water partition coefficient (Wildman–Crippen LogP) is 2.52. The standard InChI is InChI=1S/C11H11BrF2O3/c1-2-17-11(16)9(14)10(15)7-5-6(12)3-4-8(7)13/h3-5,9-10,15H,2H2,1H3. The molecule has 0 aromatic heterocycles. The maximum Gasteiger partial charge on any atom is 0.343 e. The minimum Gasteiger partial charge on any atom is -0.464 e. The molecule has 17 heavy (non-hydrogen) atoms. The van der Waals surface area contributed by atoms with Gasteiger partial charge in [0.1, 0.15) is 11.9 Å². The second-order valence-electron chi connectivity index (χ2n) is 3.26. The number of esters is 1. The van der Waals surface area contributed by atoms with Crippen LogP contribution in [-0.2, 0) is 9.53 Å². The molecule has 0 bridgehead atoms. The number of carbonyl (C=O) groups excluding carboxylic acids is 1. The molecule has 0 fully saturated rings. The fraction of sp³-hybridized carbons (Fsp3) is 0.364. The van der Waals surface area contributed by atoms with Crippen LogP contribution in [0.4, 0.5) is 8.78 Å².